The average Bonchev–Trinajstić information content (AvgIpc) is 2.74. The zero-order chi connectivity index (χ0) is 21.1. The van der Waals surface area contributed by atoms with Gasteiger partial charge in [-0.3, -0.25) is 0 Å². The van der Waals surface area contributed by atoms with Gasteiger partial charge in [0.05, 0.1) is 5.56 Å². The van der Waals surface area contributed by atoms with E-state index in [-0.39, 0.29) is 17.5 Å². The first-order chi connectivity index (χ1) is 14.5. The quantitative estimate of drug-likeness (QED) is 0.381. The van der Waals surface area contributed by atoms with E-state index in [9.17, 15) is 13.2 Å². The Morgan fingerprint density at radius 3 is 2.33 bits per heavy atom. The molecule has 4 rings (SSSR count). The molecule has 1 heterocycles. The van der Waals surface area contributed by atoms with E-state index in [1.54, 1.807) is 24.3 Å². The van der Waals surface area contributed by atoms with Crippen LogP contribution in [0.3, 0.4) is 0 Å². The van der Waals surface area contributed by atoms with Crippen molar-refractivity contribution in [2.24, 2.45) is 0 Å². The third kappa shape index (κ3) is 4.38. The van der Waals surface area contributed by atoms with Crippen molar-refractivity contribution in [1.29, 1.82) is 0 Å². The second-order valence-electron chi connectivity index (χ2n) is 7.91. The minimum Gasteiger partial charge on any atom is -0.485 e. The zero-order valence-electron chi connectivity index (χ0n) is 17.1. The molecule has 3 aromatic carbocycles. The van der Waals surface area contributed by atoms with Crippen molar-refractivity contribution in [3.63, 3.8) is 0 Å². The molecule has 0 amide bonds. The van der Waals surface area contributed by atoms with Crippen LogP contribution in [0.1, 0.15) is 55.4 Å². The molecular weight excluding hydrogens is 385 g/mol. The molecular formula is C26H25F3O. The summed E-state index contributed by atoms with van der Waals surface area (Å²) < 4.78 is 48.7. The maximum absolute atomic E-state index is 14.8. The Hall–Kier alpha value is -2.75. The fraction of sp³-hybridized carbons (Fsp3) is 0.308. The van der Waals surface area contributed by atoms with E-state index in [4.69, 9.17) is 4.74 Å². The number of unbranched alkanes of at least 4 members (excludes halogenated alkanes) is 2. The molecule has 0 saturated heterocycles. The third-order valence-electron chi connectivity index (χ3n) is 5.71. The fourth-order valence-electron chi connectivity index (χ4n) is 4.08. The highest BCUT2D eigenvalue weighted by molar-refractivity contribution is 5.67. The van der Waals surface area contributed by atoms with E-state index in [0.29, 0.717) is 23.3 Å². The van der Waals surface area contributed by atoms with Crippen molar-refractivity contribution in [3.8, 4) is 16.9 Å². The van der Waals surface area contributed by atoms with Crippen LogP contribution in [-0.2, 0) is 12.8 Å². The largest absolute Gasteiger partial charge is 0.485 e. The van der Waals surface area contributed by atoms with E-state index in [2.05, 4.69) is 6.92 Å². The molecule has 0 aliphatic carbocycles. The van der Waals surface area contributed by atoms with E-state index in [1.165, 1.54) is 24.3 Å². The van der Waals surface area contributed by atoms with Crippen LogP contribution in [0.5, 0.6) is 5.75 Å². The highest BCUT2D eigenvalue weighted by atomic mass is 19.1. The van der Waals surface area contributed by atoms with Gasteiger partial charge in [-0.05, 0) is 84.3 Å². The van der Waals surface area contributed by atoms with E-state index >= 15 is 0 Å². The molecule has 1 nitrogen and oxygen atoms in total. The van der Waals surface area contributed by atoms with Crippen molar-refractivity contribution in [3.05, 3.63) is 88.7 Å². The molecule has 0 saturated carbocycles. The molecule has 3 aromatic rings. The molecule has 0 fully saturated rings. The maximum Gasteiger partial charge on any atom is 0.134 e. The summed E-state index contributed by atoms with van der Waals surface area (Å²) >= 11 is 0. The van der Waals surface area contributed by atoms with Gasteiger partial charge in [0.1, 0.15) is 29.3 Å². The molecule has 1 atom stereocenters. The lowest BCUT2D eigenvalue weighted by Gasteiger charge is -2.27. The highest BCUT2D eigenvalue weighted by Crippen LogP contribution is 2.38. The van der Waals surface area contributed by atoms with Gasteiger partial charge in [0.25, 0.3) is 0 Å². The van der Waals surface area contributed by atoms with Crippen molar-refractivity contribution >= 4 is 0 Å². The minimum absolute atomic E-state index is 0.0118. The van der Waals surface area contributed by atoms with Crippen molar-refractivity contribution in [1.82, 2.24) is 0 Å². The first-order valence-electron chi connectivity index (χ1n) is 10.6. The van der Waals surface area contributed by atoms with Gasteiger partial charge in [0, 0.05) is 0 Å². The molecule has 0 bridgehead atoms. The van der Waals surface area contributed by atoms with Crippen molar-refractivity contribution < 1.29 is 17.9 Å². The lowest BCUT2D eigenvalue weighted by molar-refractivity contribution is 0.176. The standard InChI is InChI=1S/C26H25F3O/c1-2-3-4-5-17-14-22(28)26(23(29)15-17)20-9-13-25-19(16-20)8-12-24(30-25)18-6-10-21(27)11-7-18/h6-7,9-11,13-16,24H,2-5,8,12H2,1H3. The fourth-order valence-corrected chi connectivity index (χ4v) is 4.08. The lowest BCUT2D eigenvalue weighted by atomic mass is 9.93. The zero-order valence-corrected chi connectivity index (χ0v) is 17.1. The summed E-state index contributed by atoms with van der Waals surface area (Å²) in [7, 11) is 0. The Labute approximate surface area is 175 Å². The summed E-state index contributed by atoms with van der Waals surface area (Å²) in [5.41, 5.74) is 3.08. The number of rotatable bonds is 6. The topological polar surface area (TPSA) is 9.23 Å². The SMILES string of the molecule is CCCCCc1cc(F)c(-c2ccc3c(c2)CCC(c2ccc(F)cc2)O3)c(F)c1. The summed E-state index contributed by atoms with van der Waals surface area (Å²) in [5, 5.41) is 0. The number of hydrogen-bond acceptors (Lipinski definition) is 1. The molecule has 0 spiro atoms. The molecule has 1 aliphatic rings. The van der Waals surface area contributed by atoms with Crippen LogP contribution in [0.25, 0.3) is 11.1 Å². The van der Waals surface area contributed by atoms with Crippen LogP contribution < -0.4 is 4.74 Å². The number of benzene rings is 3. The first kappa shape index (κ1) is 20.5. The van der Waals surface area contributed by atoms with Gasteiger partial charge in [-0.15, -0.1) is 0 Å². The molecule has 1 aliphatic heterocycles. The van der Waals surface area contributed by atoms with Gasteiger partial charge in [-0.1, -0.05) is 38.0 Å². The smallest absolute Gasteiger partial charge is 0.134 e. The third-order valence-corrected chi connectivity index (χ3v) is 5.71. The summed E-state index contributed by atoms with van der Waals surface area (Å²) in [6.07, 6.45) is 5.04. The predicted molar refractivity (Wildman–Crippen MR) is 113 cm³/mol. The molecule has 4 heteroatoms. The van der Waals surface area contributed by atoms with Crippen molar-refractivity contribution in [2.75, 3.05) is 0 Å². The number of hydrogen-bond donors (Lipinski definition) is 0. The Morgan fingerprint density at radius 1 is 0.900 bits per heavy atom. The molecule has 0 radical (unpaired) electrons. The van der Waals surface area contributed by atoms with Gasteiger partial charge >= 0.3 is 0 Å². The molecule has 0 N–H and O–H groups in total. The summed E-state index contributed by atoms with van der Waals surface area (Å²) in [5.74, 6) is -0.624. The molecule has 1 unspecified atom stereocenters. The van der Waals surface area contributed by atoms with E-state index in [0.717, 1.165) is 43.2 Å². The first-order valence-corrected chi connectivity index (χ1v) is 10.6. The average molecular weight is 410 g/mol. The molecule has 156 valence electrons. The van der Waals surface area contributed by atoms with E-state index < -0.39 is 11.6 Å². The Bertz CT molecular complexity index is 1000. The Kier molecular flexibility index (Phi) is 6.12. The number of ether oxygens (including phenoxy) is 1. The number of aryl methyl sites for hydroxylation is 2. The number of fused-ring (bicyclic) bond motifs is 1. The van der Waals surface area contributed by atoms with Gasteiger partial charge in [-0.2, -0.15) is 0 Å². The van der Waals surface area contributed by atoms with Gasteiger partial charge in [0.15, 0.2) is 0 Å². The second-order valence-corrected chi connectivity index (χ2v) is 7.91. The Morgan fingerprint density at radius 2 is 1.63 bits per heavy atom. The van der Waals surface area contributed by atoms with Crippen molar-refractivity contribution in [2.45, 2.75) is 51.6 Å². The summed E-state index contributed by atoms with van der Waals surface area (Å²) in [4.78, 5) is 0. The Balaban J connectivity index is 1.56. The van der Waals surface area contributed by atoms with Gasteiger partial charge in [-0.25, -0.2) is 13.2 Å². The summed E-state index contributed by atoms with van der Waals surface area (Å²) in [6, 6.07) is 14.5. The van der Waals surface area contributed by atoms with Crippen LogP contribution in [-0.4, -0.2) is 0 Å². The second kappa shape index (κ2) is 8.95. The molecule has 0 aromatic heterocycles. The van der Waals surface area contributed by atoms with Gasteiger partial charge < -0.3 is 4.74 Å². The van der Waals surface area contributed by atoms with Crippen LogP contribution >= 0.6 is 0 Å². The van der Waals surface area contributed by atoms with Crippen LogP contribution in [0.4, 0.5) is 13.2 Å². The summed E-state index contributed by atoms with van der Waals surface area (Å²) in [6.45, 7) is 2.10. The monoisotopic (exact) mass is 410 g/mol. The highest BCUT2D eigenvalue weighted by Gasteiger charge is 2.23. The normalized spacial score (nSPS) is 15.5. The number of halogens is 3. The van der Waals surface area contributed by atoms with Crippen LogP contribution in [0.15, 0.2) is 54.6 Å². The van der Waals surface area contributed by atoms with Crippen LogP contribution in [0.2, 0.25) is 0 Å². The predicted octanol–water partition coefficient (Wildman–Crippen LogP) is 7.57. The van der Waals surface area contributed by atoms with Gasteiger partial charge in [0.2, 0.25) is 0 Å². The lowest BCUT2D eigenvalue weighted by Crippen LogP contribution is -2.15. The minimum atomic E-state index is -0.526. The molecule has 30 heavy (non-hydrogen) atoms. The van der Waals surface area contributed by atoms with Crippen LogP contribution in [0, 0.1) is 17.5 Å². The maximum atomic E-state index is 14.8. The van der Waals surface area contributed by atoms with E-state index in [1.807, 2.05) is 6.07 Å².